The van der Waals surface area contributed by atoms with E-state index >= 15 is 0 Å². The van der Waals surface area contributed by atoms with Gasteiger partial charge in [0.1, 0.15) is 23.4 Å². The molecule has 0 aliphatic carbocycles. The van der Waals surface area contributed by atoms with Gasteiger partial charge < -0.3 is 19.7 Å². The fourth-order valence-corrected chi connectivity index (χ4v) is 6.14. The van der Waals surface area contributed by atoms with Gasteiger partial charge in [0.25, 0.3) is 0 Å². The molecule has 0 saturated carbocycles. The topological polar surface area (TPSA) is 58.9 Å². The van der Waals surface area contributed by atoms with Crippen molar-refractivity contribution in [3.8, 4) is 0 Å². The van der Waals surface area contributed by atoms with Crippen LogP contribution in [-0.4, -0.2) is 28.2 Å². The van der Waals surface area contributed by atoms with Gasteiger partial charge in [-0.25, -0.2) is 0 Å². The van der Waals surface area contributed by atoms with Crippen molar-refractivity contribution in [3.05, 3.63) is 142 Å². The molecule has 4 atom stereocenters. The monoisotopic (exact) mass is 640 g/mol. The first-order chi connectivity index (χ1) is 19.8. The van der Waals surface area contributed by atoms with Gasteiger partial charge in [0, 0.05) is 0 Å². The molecule has 1 fully saturated rings. The van der Waals surface area contributed by atoms with Crippen LogP contribution in [0.1, 0.15) is 58.4 Å². The number of halogens is 2. The summed E-state index contributed by atoms with van der Waals surface area (Å²) in [6.45, 7) is 11.7. The van der Waals surface area contributed by atoms with Crippen molar-refractivity contribution in [2.75, 3.05) is 0 Å². The second-order valence-corrected chi connectivity index (χ2v) is 14.1. The summed E-state index contributed by atoms with van der Waals surface area (Å²) in [4.78, 5) is 0. The molecule has 5 rings (SSSR count). The van der Waals surface area contributed by atoms with Crippen LogP contribution in [0.15, 0.2) is 97.1 Å². The van der Waals surface area contributed by atoms with Crippen molar-refractivity contribution in [2.24, 2.45) is 0 Å². The van der Waals surface area contributed by atoms with Crippen LogP contribution in [0, 0.1) is 27.7 Å². The third-order valence-corrected chi connectivity index (χ3v) is 7.67. The van der Waals surface area contributed by atoms with Gasteiger partial charge in [-0.1, -0.05) is 119 Å². The number of benzene rings is 4. The molecule has 4 aromatic rings. The Morgan fingerprint density at radius 2 is 0.857 bits per heavy atom. The van der Waals surface area contributed by atoms with Crippen LogP contribution in [0.2, 0.25) is 0 Å². The Labute approximate surface area is 266 Å². The predicted octanol–water partition coefficient (Wildman–Crippen LogP) is 7.99. The van der Waals surface area contributed by atoms with Crippen LogP contribution in [0.3, 0.4) is 0 Å². The first-order valence-electron chi connectivity index (χ1n) is 13.9. The first kappa shape index (κ1) is 32.9. The Kier molecular flexibility index (Phi) is 10.5. The number of rotatable bonds is 6. The molecule has 4 aromatic carbocycles. The van der Waals surface area contributed by atoms with E-state index < -0.39 is 46.2 Å². The van der Waals surface area contributed by atoms with Crippen LogP contribution in [0.25, 0.3) is 0 Å². The number of hydrogen-bond donors (Lipinski definition) is 2. The van der Waals surface area contributed by atoms with E-state index in [2.05, 4.69) is 12.1 Å². The molecule has 220 valence electrons. The standard InChI is InChI=1S/C35H38O4.2ClH.Ti/c1-23-17-24(2)20-29(19-23)34(36,27-13-9-7-10-14-27)31-32(39-33(5,6)38-31)35(37,28-15-11-8-12-16-28)30-21-25(3)18-26(4)22-30;;;/h7-22,31-32,36-37H,1-6H3;2*1H;/q;;;+2/p-2/t31-,32-,34+,35+;;;/m1.../s1. The Hall–Kier alpha value is -1.99. The molecule has 0 bridgehead atoms. The van der Waals surface area contributed by atoms with E-state index in [4.69, 9.17) is 28.1 Å². The molecule has 2 N–H and O–H groups in total. The van der Waals surface area contributed by atoms with E-state index in [-0.39, 0.29) is 0 Å². The zero-order chi connectivity index (χ0) is 30.7. The summed E-state index contributed by atoms with van der Waals surface area (Å²) < 4.78 is 13.3. The van der Waals surface area contributed by atoms with Crippen molar-refractivity contribution in [1.29, 1.82) is 0 Å². The number of aliphatic hydroxyl groups is 2. The van der Waals surface area contributed by atoms with Gasteiger partial charge in [-0.2, -0.15) is 0 Å². The minimum absolute atomic E-state index is 0.556. The summed E-state index contributed by atoms with van der Waals surface area (Å²) in [6.07, 6.45) is -1.91. The summed E-state index contributed by atoms with van der Waals surface area (Å²) in [6, 6.07) is 31.2. The van der Waals surface area contributed by atoms with Crippen molar-refractivity contribution in [3.63, 3.8) is 0 Å². The van der Waals surface area contributed by atoms with E-state index in [0.29, 0.717) is 22.3 Å². The third-order valence-electron chi connectivity index (χ3n) is 7.67. The predicted molar refractivity (Wildman–Crippen MR) is 166 cm³/mol. The molecule has 1 saturated heterocycles. The Balaban J connectivity index is 0.00000129. The second kappa shape index (κ2) is 13.3. The molecule has 0 unspecified atom stereocenters. The van der Waals surface area contributed by atoms with Crippen molar-refractivity contribution >= 4 is 18.6 Å². The molecule has 7 heteroatoms. The van der Waals surface area contributed by atoms with E-state index in [1.807, 2.05) is 126 Å². The van der Waals surface area contributed by atoms with Crippen molar-refractivity contribution < 1.29 is 36.7 Å². The van der Waals surface area contributed by atoms with E-state index in [9.17, 15) is 10.2 Å². The zero-order valence-electron chi connectivity index (χ0n) is 24.9. The average molecular weight is 641 g/mol. The molecule has 0 aromatic heterocycles. The number of hydrogen-bond acceptors (Lipinski definition) is 4. The minimum atomic E-state index is -1.63. The molecular formula is C35H38Cl2O4Ti. The molecule has 0 radical (unpaired) electrons. The van der Waals surface area contributed by atoms with Crippen LogP contribution >= 0.6 is 18.6 Å². The van der Waals surface area contributed by atoms with Crippen LogP contribution in [0.5, 0.6) is 0 Å². The van der Waals surface area contributed by atoms with E-state index in [1.54, 1.807) is 0 Å². The molecule has 1 aliphatic heterocycles. The van der Waals surface area contributed by atoms with E-state index in [1.165, 1.54) is 0 Å². The average Bonchev–Trinajstić information content (AvgIpc) is 3.28. The maximum absolute atomic E-state index is 13.0. The van der Waals surface area contributed by atoms with Crippen LogP contribution in [-0.2, 0) is 37.7 Å². The molecule has 0 amide bonds. The first-order valence-corrected chi connectivity index (χ1v) is 18.2. The number of ether oxygens (including phenoxy) is 2. The summed E-state index contributed by atoms with van der Waals surface area (Å²) in [5.74, 6) is -1.07. The fraction of sp³-hybridized carbons (Fsp3) is 0.314. The molecule has 1 aliphatic rings. The Bertz CT molecular complexity index is 1350. The fourth-order valence-electron chi connectivity index (χ4n) is 6.14. The molecule has 4 nitrogen and oxygen atoms in total. The quantitative estimate of drug-likeness (QED) is 0.210. The van der Waals surface area contributed by atoms with Gasteiger partial charge in [0.15, 0.2) is 5.79 Å². The van der Waals surface area contributed by atoms with E-state index in [0.717, 1.165) is 22.3 Å². The van der Waals surface area contributed by atoms with Crippen LogP contribution in [0.4, 0.5) is 0 Å². The summed E-state index contributed by atoms with van der Waals surface area (Å²) >= 11 is -0.556. The third kappa shape index (κ3) is 6.72. The van der Waals surface area contributed by atoms with Gasteiger partial charge in [-0.05, 0) is 63.8 Å². The van der Waals surface area contributed by atoms with Crippen molar-refractivity contribution in [1.82, 2.24) is 0 Å². The second-order valence-electron chi connectivity index (χ2n) is 11.6. The summed E-state index contributed by atoms with van der Waals surface area (Å²) in [5, 5.41) is 25.9. The van der Waals surface area contributed by atoms with Gasteiger partial charge in [-0.15, -0.1) is 0 Å². The van der Waals surface area contributed by atoms with Crippen molar-refractivity contribution in [2.45, 2.75) is 70.7 Å². The van der Waals surface area contributed by atoms with Gasteiger partial charge in [0.05, 0.1) is 0 Å². The summed E-state index contributed by atoms with van der Waals surface area (Å²) in [7, 11) is 9.78. The molecule has 42 heavy (non-hydrogen) atoms. The SMILES string of the molecule is Cc1cc(C)cc([C@@](O)(c2ccccc2)[C@@H]2OC(C)(C)O[C@H]2[C@](O)(c2ccccc2)c2cc(C)cc(C)c2)c1.[Cl][Ti][Cl]. The molecule has 0 spiro atoms. The Morgan fingerprint density at radius 3 is 1.14 bits per heavy atom. The summed E-state index contributed by atoms with van der Waals surface area (Å²) in [5.41, 5.74) is 3.59. The number of aryl methyl sites for hydroxylation is 4. The molecular weight excluding hydrogens is 603 g/mol. The van der Waals surface area contributed by atoms with Gasteiger partial charge in [0.2, 0.25) is 0 Å². The van der Waals surface area contributed by atoms with Gasteiger partial charge >= 0.3 is 35.6 Å². The normalized spacial score (nSPS) is 20.5. The maximum atomic E-state index is 13.0. The van der Waals surface area contributed by atoms with Crippen LogP contribution < -0.4 is 0 Å². The van der Waals surface area contributed by atoms with Gasteiger partial charge in [-0.3, -0.25) is 0 Å². The zero-order valence-corrected chi connectivity index (χ0v) is 27.9. The Morgan fingerprint density at radius 1 is 0.571 bits per heavy atom. The molecule has 1 heterocycles.